The first-order chi connectivity index (χ1) is 16.1. The van der Waals surface area contributed by atoms with Crippen molar-refractivity contribution in [1.82, 2.24) is 20.1 Å². The molecular formula is C25H27N5O3. The van der Waals surface area contributed by atoms with E-state index in [2.05, 4.69) is 51.9 Å². The summed E-state index contributed by atoms with van der Waals surface area (Å²) in [5.41, 5.74) is 5.81. The predicted molar refractivity (Wildman–Crippen MR) is 127 cm³/mol. The number of hydrogen-bond acceptors (Lipinski definition) is 5. The van der Waals surface area contributed by atoms with E-state index in [1.807, 2.05) is 35.3 Å². The van der Waals surface area contributed by atoms with E-state index in [4.69, 9.17) is 4.74 Å². The van der Waals surface area contributed by atoms with Gasteiger partial charge in [0.25, 0.3) is 5.91 Å². The molecule has 1 aliphatic rings. The maximum Gasteiger partial charge on any atom is 0.270 e. The van der Waals surface area contributed by atoms with Crippen LogP contribution in [0.4, 0.5) is 5.69 Å². The lowest BCUT2D eigenvalue weighted by molar-refractivity contribution is -0.128. The number of carbonyl (C=O) groups is 1. The number of fused-ring (bicyclic) bond motifs is 1. The molecule has 0 bridgehead atoms. The molecular weight excluding hydrogens is 418 g/mol. The van der Waals surface area contributed by atoms with Gasteiger partial charge in [-0.1, -0.05) is 25.1 Å². The molecule has 1 aliphatic heterocycles. The van der Waals surface area contributed by atoms with Crippen LogP contribution in [0.15, 0.2) is 61.1 Å². The standard InChI is InChI=1S/C25H27N5O3/c1-2-16-3-6-20(7-4-16)30-14-18(12-27-30)17-5-8-22-21(11-17)23(13-26-22)29-25(32)24(31)28-19-9-10-33-15-19/h3-8,11-14,19,25-26,29,32H,2,9-10,15H2,1H3,(H,28,31). The molecule has 2 aromatic heterocycles. The summed E-state index contributed by atoms with van der Waals surface area (Å²) in [5, 5.41) is 21.5. The number of ether oxygens (including phenoxy) is 1. The van der Waals surface area contributed by atoms with Crippen LogP contribution in [0.5, 0.6) is 0 Å². The molecule has 4 N–H and O–H groups in total. The first-order valence-corrected chi connectivity index (χ1v) is 11.2. The van der Waals surface area contributed by atoms with Crippen molar-refractivity contribution >= 4 is 22.5 Å². The van der Waals surface area contributed by atoms with E-state index in [9.17, 15) is 9.90 Å². The maximum atomic E-state index is 12.3. The first kappa shape index (κ1) is 21.2. The van der Waals surface area contributed by atoms with Crippen molar-refractivity contribution in [3.63, 3.8) is 0 Å². The Kier molecular flexibility index (Phi) is 5.85. The Morgan fingerprint density at radius 1 is 1.27 bits per heavy atom. The molecule has 8 heteroatoms. The van der Waals surface area contributed by atoms with E-state index in [0.717, 1.165) is 40.6 Å². The van der Waals surface area contributed by atoms with E-state index in [0.29, 0.717) is 18.9 Å². The Morgan fingerprint density at radius 2 is 2.12 bits per heavy atom. The van der Waals surface area contributed by atoms with Crippen LogP contribution >= 0.6 is 0 Å². The summed E-state index contributed by atoms with van der Waals surface area (Å²) in [4.78, 5) is 15.5. The molecule has 0 saturated carbocycles. The molecule has 2 aromatic carbocycles. The number of carbonyl (C=O) groups excluding carboxylic acids is 1. The topological polar surface area (TPSA) is 104 Å². The molecule has 170 valence electrons. The molecule has 3 heterocycles. The average molecular weight is 446 g/mol. The highest BCUT2D eigenvalue weighted by Crippen LogP contribution is 2.29. The van der Waals surface area contributed by atoms with Gasteiger partial charge in [-0.25, -0.2) is 4.68 Å². The van der Waals surface area contributed by atoms with Crippen LogP contribution in [-0.4, -0.2) is 51.3 Å². The number of H-pyrrole nitrogens is 1. The summed E-state index contributed by atoms with van der Waals surface area (Å²) in [5.74, 6) is -0.466. The van der Waals surface area contributed by atoms with Crippen molar-refractivity contribution in [2.75, 3.05) is 18.5 Å². The number of rotatable bonds is 7. The molecule has 8 nitrogen and oxygen atoms in total. The van der Waals surface area contributed by atoms with Gasteiger partial charge in [-0.15, -0.1) is 0 Å². The Bertz CT molecular complexity index is 1250. The summed E-state index contributed by atoms with van der Waals surface area (Å²) in [6.45, 7) is 3.24. The van der Waals surface area contributed by atoms with Crippen LogP contribution in [0.25, 0.3) is 27.7 Å². The Labute approximate surface area is 191 Å². The SMILES string of the molecule is CCc1ccc(-n2cc(-c3ccc4[nH]cc(NC(O)C(=O)NC5CCOC5)c4c3)cn2)cc1. The van der Waals surface area contributed by atoms with Crippen LogP contribution in [0.1, 0.15) is 18.9 Å². The van der Waals surface area contributed by atoms with Crippen molar-refractivity contribution < 1.29 is 14.6 Å². The fourth-order valence-corrected chi connectivity index (χ4v) is 4.06. The lowest BCUT2D eigenvalue weighted by Gasteiger charge is -2.16. The maximum absolute atomic E-state index is 12.3. The van der Waals surface area contributed by atoms with Gasteiger partial charge >= 0.3 is 0 Å². The minimum Gasteiger partial charge on any atom is -0.379 e. The van der Waals surface area contributed by atoms with Crippen LogP contribution in [0, 0.1) is 0 Å². The van der Waals surface area contributed by atoms with E-state index < -0.39 is 12.1 Å². The summed E-state index contributed by atoms with van der Waals surface area (Å²) in [7, 11) is 0. The molecule has 33 heavy (non-hydrogen) atoms. The number of nitrogens with zero attached hydrogens (tertiary/aromatic N) is 2. The number of benzene rings is 2. The number of amides is 1. The molecule has 4 aromatic rings. The third-order valence-electron chi connectivity index (χ3n) is 6.02. The van der Waals surface area contributed by atoms with E-state index >= 15 is 0 Å². The molecule has 0 radical (unpaired) electrons. The van der Waals surface area contributed by atoms with Crippen molar-refractivity contribution in [2.24, 2.45) is 0 Å². The highest BCUT2D eigenvalue weighted by Gasteiger charge is 2.23. The lowest BCUT2D eigenvalue weighted by atomic mass is 10.1. The zero-order chi connectivity index (χ0) is 22.8. The van der Waals surface area contributed by atoms with E-state index in [-0.39, 0.29) is 6.04 Å². The molecule has 1 fully saturated rings. The van der Waals surface area contributed by atoms with Crippen LogP contribution in [0.2, 0.25) is 0 Å². The highest BCUT2D eigenvalue weighted by atomic mass is 16.5. The number of aliphatic hydroxyl groups excluding tert-OH is 1. The number of aromatic amines is 1. The third-order valence-corrected chi connectivity index (χ3v) is 6.02. The van der Waals surface area contributed by atoms with Crippen LogP contribution in [-0.2, 0) is 16.0 Å². The van der Waals surface area contributed by atoms with E-state index in [1.54, 1.807) is 6.20 Å². The van der Waals surface area contributed by atoms with Crippen molar-refractivity contribution in [3.05, 3.63) is 66.6 Å². The Hall–Kier alpha value is -3.62. The van der Waals surface area contributed by atoms with Crippen LogP contribution < -0.4 is 10.6 Å². The zero-order valence-electron chi connectivity index (χ0n) is 18.4. The number of nitrogens with one attached hydrogen (secondary N) is 3. The van der Waals surface area contributed by atoms with Gasteiger partial charge in [-0.05, 0) is 48.2 Å². The van der Waals surface area contributed by atoms with Gasteiger partial charge in [-0.3, -0.25) is 4.79 Å². The van der Waals surface area contributed by atoms with Gasteiger partial charge in [-0.2, -0.15) is 5.10 Å². The van der Waals surface area contributed by atoms with Gasteiger partial charge in [0, 0.05) is 35.5 Å². The fourth-order valence-electron chi connectivity index (χ4n) is 4.06. The Morgan fingerprint density at radius 3 is 2.88 bits per heavy atom. The molecule has 0 spiro atoms. The first-order valence-electron chi connectivity index (χ1n) is 11.2. The van der Waals surface area contributed by atoms with Gasteiger partial charge in [0.15, 0.2) is 0 Å². The van der Waals surface area contributed by atoms with Crippen molar-refractivity contribution in [2.45, 2.75) is 32.0 Å². The minimum absolute atomic E-state index is 0.0572. The number of aryl methyl sites for hydroxylation is 1. The Balaban J connectivity index is 1.35. The average Bonchev–Trinajstić information content (AvgIpc) is 3.60. The molecule has 0 aliphatic carbocycles. The lowest BCUT2D eigenvalue weighted by Crippen LogP contribution is -2.44. The normalized spacial score (nSPS) is 16.7. The molecule has 2 atom stereocenters. The fraction of sp³-hybridized carbons (Fsp3) is 0.280. The van der Waals surface area contributed by atoms with Gasteiger partial charge < -0.3 is 25.5 Å². The van der Waals surface area contributed by atoms with E-state index in [1.165, 1.54) is 5.56 Å². The number of aromatic nitrogens is 3. The second-order valence-electron chi connectivity index (χ2n) is 8.27. The number of anilines is 1. The molecule has 1 amide bonds. The summed E-state index contributed by atoms with van der Waals surface area (Å²) >= 11 is 0. The molecule has 5 rings (SSSR count). The largest absolute Gasteiger partial charge is 0.379 e. The third kappa shape index (κ3) is 4.48. The number of aliphatic hydroxyl groups is 1. The highest BCUT2D eigenvalue weighted by molar-refractivity contribution is 5.97. The van der Waals surface area contributed by atoms with Crippen LogP contribution in [0.3, 0.4) is 0 Å². The molecule has 1 saturated heterocycles. The summed E-state index contributed by atoms with van der Waals surface area (Å²) < 4.78 is 7.13. The van der Waals surface area contributed by atoms with Crippen molar-refractivity contribution in [3.8, 4) is 16.8 Å². The van der Waals surface area contributed by atoms with Gasteiger partial charge in [0.05, 0.1) is 30.2 Å². The second kappa shape index (κ2) is 9.09. The summed E-state index contributed by atoms with van der Waals surface area (Å²) in [6.07, 6.45) is 5.98. The minimum atomic E-state index is -1.36. The van der Waals surface area contributed by atoms with Gasteiger partial charge in [0.2, 0.25) is 6.23 Å². The van der Waals surface area contributed by atoms with Gasteiger partial charge in [0.1, 0.15) is 0 Å². The molecule has 2 unspecified atom stereocenters. The van der Waals surface area contributed by atoms with Crippen molar-refractivity contribution in [1.29, 1.82) is 0 Å². The monoisotopic (exact) mass is 445 g/mol. The second-order valence-corrected chi connectivity index (χ2v) is 8.27. The smallest absolute Gasteiger partial charge is 0.270 e. The number of hydrogen-bond donors (Lipinski definition) is 4. The zero-order valence-corrected chi connectivity index (χ0v) is 18.4. The quantitative estimate of drug-likeness (QED) is 0.327. The summed E-state index contributed by atoms with van der Waals surface area (Å²) in [6, 6.07) is 14.3. The predicted octanol–water partition coefficient (Wildman–Crippen LogP) is 3.22.